The predicted octanol–water partition coefficient (Wildman–Crippen LogP) is 3.05. The summed E-state index contributed by atoms with van der Waals surface area (Å²) in [6.07, 6.45) is 8.95. The van der Waals surface area contributed by atoms with E-state index in [0.717, 1.165) is 58.4 Å². The number of fused-ring (bicyclic) bond motifs is 1. The second kappa shape index (κ2) is 8.70. The van der Waals surface area contributed by atoms with E-state index < -0.39 is 0 Å². The van der Waals surface area contributed by atoms with E-state index in [1.807, 2.05) is 11.8 Å². The van der Waals surface area contributed by atoms with Gasteiger partial charge in [0.2, 0.25) is 0 Å². The van der Waals surface area contributed by atoms with Gasteiger partial charge in [0.05, 0.1) is 6.61 Å². The van der Waals surface area contributed by atoms with E-state index in [0.29, 0.717) is 24.6 Å². The molecule has 0 aromatic carbocycles. The average molecular weight is 407 g/mol. The highest BCUT2D eigenvalue weighted by Crippen LogP contribution is 2.36. The zero-order valence-corrected chi connectivity index (χ0v) is 18.2. The van der Waals surface area contributed by atoms with Crippen LogP contribution in [0.3, 0.4) is 0 Å². The summed E-state index contributed by atoms with van der Waals surface area (Å²) in [5, 5.41) is 3.16. The quantitative estimate of drug-likeness (QED) is 0.782. The summed E-state index contributed by atoms with van der Waals surface area (Å²) in [4.78, 5) is 31.4. The fraction of sp³-hybridized carbons (Fsp3) is 0.909. The SMILES string of the molecule is CCOC(=O)N1CCC(C)(N2CCC(N3C(=O)NC[C@H]4CCCC[C@@H]43)CC2)CC1. The molecule has 3 aliphatic heterocycles. The van der Waals surface area contributed by atoms with Crippen molar-refractivity contribution < 1.29 is 14.3 Å². The highest BCUT2D eigenvalue weighted by molar-refractivity contribution is 5.76. The molecule has 3 saturated heterocycles. The molecule has 4 fully saturated rings. The molecular weight excluding hydrogens is 368 g/mol. The van der Waals surface area contributed by atoms with Crippen LogP contribution in [0.5, 0.6) is 0 Å². The summed E-state index contributed by atoms with van der Waals surface area (Å²) in [6.45, 7) is 9.14. The summed E-state index contributed by atoms with van der Waals surface area (Å²) < 4.78 is 5.16. The highest BCUT2D eigenvalue weighted by Gasteiger charge is 2.44. The number of likely N-dealkylation sites (tertiary alicyclic amines) is 2. The van der Waals surface area contributed by atoms with Gasteiger partial charge in [0, 0.05) is 50.3 Å². The second-order valence-electron chi connectivity index (χ2n) is 9.61. The van der Waals surface area contributed by atoms with E-state index in [2.05, 4.69) is 22.0 Å². The van der Waals surface area contributed by atoms with Crippen LogP contribution in [0.2, 0.25) is 0 Å². The lowest BCUT2D eigenvalue weighted by molar-refractivity contribution is -0.0106. The normalized spacial score (nSPS) is 31.2. The van der Waals surface area contributed by atoms with Gasteiger partial charge >= 0.3 is 12.1 Å². The predicted molar refractivity (Wildman–Crippen MR) is 112 cm³/mol. The maximum atomic E-state index is 12.7. The Balaban J connectivity index is 1.32. The molecule has 4 rings (SSSR count). The van der Waals surface area contributed by atoms with Gasteiger partial charge in [-0.25, -0.2) is 9.59 Å². The molecule has 0 radical (unpaired) electrons. The molecule has 4 aliphatic rings. The zero-order chi connectivity index (χ0) is 20.4. The van der Waals surface area contributed by atoms with Crippen LogP contribution in [0.1, 0.15) is 65.2 Å². The van der Waals surface area contributed by atoms with E-state index >= 15 is 0 Å². The lowest BCUT2D eigenvalue weighted by Gasteiger charge is -2.52. The maximum Gasteiger partial charge on any atom is 0.409 e. The third-order valence-electron chi connectivity index (χ3n) is 7.96. The molecule has 3 amide bonds. The third-order valence-corrected chi connectivity index (χ3v) is 7.96. The molecule has 164 valence electrons. The Labute approximate surface area is 175 Å². The first kappa shape index (κ1) is 20.8. The smallest absolute Gasteiger partial charge is 0.409 e. The molecule has 0 spiro atoms. The van der Waals surface area contributed by atoms with Crippen LogP contribution in [0.15, 0.2) is 0 Å². The standard InChI is InChI=1S/C22H38N4O3/c1-3-29-21(28)24-14-10-22(2,11-15-24)25-12-8-18(9-13-25)26-19-7-5-4-6-17(19)16-23-20(26)27/h17-19H,3-16H2,1-2H3,(H,23,27)/t17-,19+/m1/s1. The van der Waals surface area contributed by atoms with Crippen molar-refractivity contribution in [1.82, 2.24) is 20.0 Å². The molecule has 7 nitrogen and oxygen atoms in total. The third kappa shape index (κ3) is 4.21. The largest absolute Gasteiger partial charge is 0.450 e. The Morgan fingerprint density at radius 2 is 1.79 bits per heavy atom. The minimum Gasteiger partial charge on any atom is -0.450 e. The number of ether oxygens (including phenoxy) is 1. The first-order valence-electron chi connectivity index (χ1n) is 11.7. The number of hydrogen-bond donors (Lipinski definition) is 1. The van der Waals surface area contributed by atoms with Gasteiger partial charge in [-0.15, -0.1) is 0 Å². The summed E-state index contributed by atoms with van der Waals surface area (Å²) in [7, 11) is 0. The zero-order valence-electron chi connectivity index (χ0n) is 18.2. The minimum atomic E-state index is -0.175. The van der Waals surface area contributed by atoms with Crippen LogP contribution < -0.4 is 5.32 Å². The van der Waals surface area contributed by atoms with Crippen LogP contribution in [0.4, 0.5) is 9.59 Å². The molecule has 0 aromatic rings. The Hall–Kier alpha value is -1.50. The lowest BCUT2D eigenvalue weighted by atomic mass is 9.80. The Morgan fingerprint density at radius 1 is 1.10 bits per heavy atom. The highest BCUT2D eigenvalue weighted by atomic mass is 16.6. The van der Waals surface area contributed by atoms with E-state index in [4.69, 9.17) is 4.74 Å². The Kier molecular flexibility index (Phi) is 6.23. The van der Waals surface area contributed by atoms with Gasteiger partial charge in [0.1, 0.15) is 0 Å². The molecule has 3 heterocycles. The van der Waals surface area contributed by atoms with Gasteiger partial charge in [0.25, 0.3) is 0 Å². The van der Waals surface area contributed by atoms with E-state index in [-0.39, 0.29) is 17.7 Å². The van der Waals surface area contributed by atoms with Crippen LogP contribution in [-0.4, -0.2) is 83.8 Å². The van der Waals surface area contributed by atoms with Gasteiger partial charge in [0.15, 0.2) is 0 Å². The van der Waals surface area contributed by atoms with E-state index in [9.17, 15) is 9.59 Å². The summed E-state index contributed by atoms with van der Waals surface area (Å²) in [5.41, 5.74) is 0.144. The van der Waals surface area contributed by atoms with Gasteiger partial charge < -0.3 is 19.9 Å². The fourth-order valence-corrected chi connectivity index (χ4v) is 6.08. The van der Waals surface area contributed by atoms with Crippen molar-refractivity contribution in [3.8, 4) is 0 Å². The number of rotatable bonds is 3. The molecule has 2 atom stereocenters. The fourth-order valence-electron chi connectivity index (χ4n) is 6.08. The molecular formula is C22H38N4O3. The number of carbonyl (C=O) groups excluding carboxylic acids is 2. The van der Waals surface area contributed by atoms with Crippen molar-refractivity contribution in [2.45, 2.75) is 82.8 Å². The lowest BCUT2D eigenvalue weighted by Crippen LogP contribution is -2.64. The van der Waals surface area contributed by atoms with E-state index in [1.54, 1.807) is 0 Å². The first-order chi connectivity index (χ1) is 14.0. The number of urea groups is 1. The van der Waals surface area contributed by atoms with Crippen LogP contribution in [0.25, 0.3) is 0 Å². The van der Waals surface area contributed by atoms with Gasteiger partial charge in [-0.3, -0.25) is 4.90 Å². The van der Waals surface area contributed by atoms with Crippen LogP contribution in [0, 0.1) is 5.92 Å². The molecule has 29 heavy (non-hydrogen) atoms. The van der Waals surface area contributed by atoms with Crippen LogP contribution >= 0.6 is 0 Å². The molecule has 0 unspecified atom stereocenters. The molecule has 0 aromatic heterocycles. The van der Waals surface area contributed by atoms with Crippen molar-refractivity contribution in [1.29, 1.82) is 0 Å². The first-order valence-corrected chi connectivity index (χ1v) is 11.7. The molecule has 1 aliphatic carbocycles. The summed E-state index contributed by atoms with van der Waals surface area (Å²) >= 11 is 0. The van der Waals surface area contributed by atoms with Crippen molar-refractivity contribution in [2.24, 2.45) is 5.92 Å². The maximum absolute atomic E-state index is 12.7. The summed E-state index contributed by atoms with van der Waals surface area (Å²) in [6, 6.07) is 0.999. The van der Waals surface area contributed by atoms with Gasteiger partial charge in [-0.05, 0) is 58.3 Å². The molecule has 1 saturated carbocycles. The number of piperidine rings is 2. The van der Waals surface area contributed by atoms with E-state index in [1.165, 1.54) is 25.7 Å². The number of nitrogens with one attached hydrogen (secondary N) is 1. The molecule has 1 N–H and O–H groups in total. The number of hydrogen-bond acceptors (Lipinski definition) is 4. The van der Waals surface area contributed by atoms with Crippen molar-refractivity contribution in [2.75, 3.05) is 39.3 Å². The number of amides is 3. The van der Waals surface area contributed by atoms with Gasteiger partial charge in [-0.2, -0.15) is 0 Å². The number of carbonyl (C=O) groups is 2. The molecule has 7 heteroatoms. The topological polar surface area (TPSA) is 65.1 Å². The summed E-state index contributed by atoms with van der Waals surface area (Å²) in [5.74, 6) is 0.643. The second-order valence-corrected chi connectivity index (χ2v) is 9.61. The average Bonchev–Trinajstić information content (AvgIpc) is 2.74. The van der Waals surface area contributed by atoms with Crippen molar-refractivity contribution in [3.63, 3.8) is 0 Å². The van der Waals surface area contributed by atoms with Crippen LogP contribution in [-0.2, 0) is 4.74 Å². The monoisotopic (exact) mass is 406 g/mol. The Morgan fingerprint density at radius 3 is 2.48 bits per heavy atom. The van der Waals surface area contributed by atoms with Crippen molar-refractivity contribution >= 4 is 12.1 Å². The number of nitrogens with zero attached hydrogens (tertiary/aromatic N) is 3. The minimum absolute atomic E-state index is 0.144. The Bertz CT molecular complexity index is 597. The van der Waals surface area contributed by atoms with Crippen molar-refractivity contribution in [3.05, 3.63) is 0 Å². The molecule has 0 bridgehead atoms. The van der Waals surface area contributed by atoms with Gasteiger partial charge in [-0.1, -0.05) is 12.8 Å².